The molecular formula is C27H28ClFN4O4. The third kappa shape index (κ3) is 5.22. The minimum Gasteiger partial charge on any atom is -0.493 e. The van der Waals surface area contributed by atoms with Crippen molar-refractivity contribution in [3.63, 3.8) is 0 Å². The SMILES string of the molecule is CCOC(=O)CC(CC)(Oc1cc2c(Nc3ccc(F)c(Cl)c3)ncnc2cc1OC)C1(C)C=CC=N1. The van der Waals surface area contributed by atoms with Gasteiger partial charge in [-0.15, -0.1) is 0 Å². The number of rotatable bonds is 10. The fraction of sp³-hybridized carbons (Fsp3) is 0.333. The molecule has 194 valence electrons. The number of carbonyl (C=O) groups excluding carboxylic acids is 1. The van der Waals surface area contributed by atoms with Gasteiger partial charge in [-0.2, -0.15) is 0 Å². The van der Waals surface area contributed by atoms with E-state index < -0.39 is 17.0 Å². The van der Waals surface area contributed by atoms with Crippen molar-refractivity contribution in [1.29, 1.82) is 0 Å². The number of aromatic nitrogens is 2. The lowest BCUT2D eigenvalue weighted by Crippen LogP contribution is -2.54. The third-order valence-corrected chi connectivity index (χ3v) is 6.78. The zero-order valence-corrected chi connectivity index (χ0v) is 21.8. The van der Waals surface area contributed by atoms with Crippen molar-refractivity contribution in [2.45, 2.75) is 44.8 Å². The molecule has 1 aliphatic heterocycles. The van der Waals surface area contributed by atoms with E-state index >= 15 is 0 Å². The molecule has 2 heterocycles. The average molecular weight is 527 g/mol. The van der Waals surface area contributed by atoms with Crippen LogP contribution in [0.2, 0.25) is 5.02 Å². The van der Waals surface area contributed by atoms with Gasteiger partial charge in [-0.25, -0.2) is 14.4 Å². The summed E-state index contributed by atoms with van der Waals surface area (Å²) in [6.07, 6.45) is 7.28. The molecule has 2 unspecified atom stereocenters. The third-order valence-electron chi connectivity index (χ3n) is 6.49. The lowest BCUT2D eigenvalue weighted by atomic mass is 9.77. The summed E-state index contributed by atoms with van der Waals surface area (Å²) in [4.78, 5) is 26.1. The summed E-state index contributed by atoms with van der Waals surface area (Å²) in [5.74, 6) is 0.359. The first-order valence-electron chi connectivity index (χ1n) is 11.9. The van der Waals surface area contributed by atoms with Gasteiger partial charge in [-0.1, -0.05) is 24.6 Å². The van der Waals surface area contributed by atoms with E-state index in [1.807, 2.05) is 26.0 Å². The van der Waals surface area contributed by atoms with Crippen LogP contribution in [-0.4, -0.2) is 47.0 Å². The van der Waals surface area contributed by atoms with Crippen molar-refractivity contribution in [2.24, 2.45) is 4.99 Å². The summed E-state index contributed by atoms with van der Waals surface area (Å²) in [6.45, 7) is 5.87. The van der Waals surface area contributed by atoms with Gasteiger partial charge in [0, 0.05) is 23.4 Å². The van der Waals surface area contributed by atoms with Crippen LogP contribution < -0.4 is 14.8 Å². The highest BCUT2D eigenvalue weighted by Crippen LogP contribution is 2.44. The number of hydrogen-bond donors (Lipinski definition) is 1. The lowest BCUT2D eigenvalue weighted by Gasteiger charge is -2.43. The largest absolute Gasteiger partial charge is 0.493 e. The number of allylic oxidation sites excluding steroid dienone is 1. The van der Waals surface area contributed by atoms with Crippen molar-refractivity contribution >= 4 is 46.2 Å². The fourth-order valence-corrected chi connectivity index (χ4v) is 4.56. The highest BCUT2D eigenvalue weighted by Gasteiger charge is 2.51. The van der Waals surface area contributed by atoms with E-state index in [4.69, 9.17) is 25.8 Å². The van der Waals surface area contributed by atoms with Gasteiger partial charge in [0.05, 0.1) is 30.7 Å². The van der Waals surface area contributed by atoms with Crippen LogP contribution >= 0.6 is 11.6 Å². The molecule has 8 nitrogen and oxygen atoms in total. The predicted octanol–water partition coefficient (Wildman–Crippen LogP) is 6.05. The Labute approximate surface area is 219 Å². The Kier molecular flexibility index (Phi) is 7.63. The number of fused-ring (bicyclic) bond motifs is 1. The van der Waals surface area contributed by atoms with Crippen LogP contribution in [0.25, 0.3) is 10.9 Å². The highest BCUT2D eigenvalue weighted by atomic mass is 35.5. The molecule has 1 aromatic heterocycles. The second-order valence-electron chi connectivity index (χ2n) is 8.71. The van der Waals surface area contributed by atoms with Gasteiger partial charge in [0.15, 0.2) is 11.5 Å². The standard InChI is InChI=1S/C27H28ClFN4O4/c1-5-27(15-24(34)36-6-2,26(3)10-7-11-32-26)37-23-13-18-21(14-22(23)35-4)30-16-31-25(18)33-17-8-9-20(29)19(28)12-17/h7-14,16H,5-6,15H2,1-4H3,(H,30,31,33). The average Bonchev–Trinajstić information content (AvgIpc) is 3.34. The Hall–Kier alpha value is -3.72. The zero-order valence-electron chi connectivity index (χ0n) is 21.0. The number of esters is 1. The number of nitrogens with zero attached hydrogens (tertiary/aromatic N) is 3. The van der Waals surface area contributed by atoms with Crippen LogP contribution in [0.1, 0.15) is 33.6 Å². The molecule has 0 fully saturated rings. The van der Waals surface area contributed by atoms with E-state index in [1.54, 1.807) is 31.3 Å². The lowest BCUT2D eigenvalue weighted by molar-refractivity contribution is -0.149. The monoisotopic (exact) mass is 526 g/mol. The Balaban J connectivity index is 1.81. The number of aliphatic imine (C=N–C) groups is 1. The van der Waals surface area contributed by atoms with Gasteiger partial charge in [-0.3, -0.25) is 9.79 Å². The molecule has 1 aliphatic rings. The first kappa shape index (κ1) is 26.3. The summed E-state index contributed by atoms with van der Waals surface area (Å²) in [6, 6.07) is 7.78. The van der Waals surface area contributed by atoms with Crippen LogP contribution in [0.5, 0.6) is 11.5 Å². The van der Waals surface area contributed by atoms with Gasteiger partial charge in [0.1, 0.15) is 29.1 Å². The molecule has 0 saturated heterocycles. The van der Waals surface area contributed by atoms with Crippen LogP contribution in [0, 0.1) is 5.82 Å². The minimum absolute atomic E-state index is 0.0147. The van der Waals surface area contributed by atoms with Crippen LogP contribution in [0.4, 0.5) is 15.9 Å². The number of halogens is 2. The smallest absolute Gasteiger partial charge is 0.309 e. The normalized spacial score (nSPS) is 18.0. The van der Waals surface area contributed by atoms with Crippen LogP contribution in [-0.2, 0) is 9.53 Å². The van der Waals surface area contributed by atoms with E-state index in [9.17, 15) is 9.18 Å². The van der Waals surface area contributed by atoms with E-state index in [0.717, 1.165) is 0 Å². The van der Waals surface area contributed by atoms with Gasteiger partial charge < -0.3 is 19.5 Å². The number of hydrogen-bond acceptors (Lipinski definition) is 8. The molecule has 37 heavy (non-hydrogen) atoms. The molecule has 2 aromatic carbocycles. The first-order valence-corrected chi connectivity index (χ1v) is 12.2. The van der Waals surface area contributed by atoms with E-state index in [0.29, 0.717) is 40.3 Å². The Morgan fingerprint density at radius 1 is 1.19 bits per heavy atom. The topological polar surface area (TPSA) is 94.9 Å². The van der Waals surface area contributed by atoms with Gasteiger partial charge in [0.2, 0.25) is 0 Å². The molecule has 0 bridgehead atoms. The minimum atomic E-state index is -1.07. The first-order chi connectivity index (χ1) is 17.7. The predicted molar refractivity (Wildman–Crippen MR) is 142 cm³/mol. The number of anilines is 2. The number of methoxy groups -OCH3 is 1. The summed E-state index contributed by atoms with van der Waals surface area (Å²) < 4.78 is 31.3. The molecule has 2 atom stereocenters. The molecule has 0 radical (unpaired) electrons. The number of nitrogens with one attached hydrogen (secondary N) is 1. The Morgan fingerprint density at radius 3 is 2.65 bits per heavy atom. The van der Waals surface area contributed by atoms with Gasteiger partial charge in [0.25, 0.3) is 0 Å². The molecule has 1 N–H and O–H groups in total. The number of benzene rings is 2. The van der Waals surface area contributed by atoms with E-state index in [2.05, 4.69) is 20.3 Å². The second-order valence-corrected chi connectivity index (χ2v) is 9.12. The summed E-state index contributed by atoms with van der Waals surface area (Å²) in [5, 5.41) is 3.77. The Bertz CT molecular complexity index is 1370. The maximum Gasteiger partial charge on any atom is 0.309 e. The maximum atomic E-state index is 13.7. The summed E-state index contributed by atoms with van der Waals surface area (Å²) in [5.41, 5.74) is -0.759. The number of ether oxygens (including phenoxy) is 3. The molecule has 0 spiro atoms. The van der Waals surface area contributed by atoms with Crippen molar-refractivity contribution in [2.75, 3.05) is 19.0 Å². The molecule has 0 amide bonds. The van der Waals surface area contributed by atoms with E-state index in [-0.39, 0.29) is 24.0 Å². The maximum absolute atomic E-state index is 13.7. The van der Waals surface area contributed by atoms with Crippen molar-refractivity contribution < 1.29 is 23.4 Å². The molecule has 0 saturated carbocycles. The van der Waals surface area contributed by atoms with Crippen molar-refractivity contribution in [3.05, 3.63) is 59.7 Å². The van der Waals surface area contributed by atoms with Gasteiger partial charge in [-0.05, 0) is 50.6 Å². The quantitative estimate of drug-likeness (QED) is 0.321. The summed E-state index contributed by atoms with van der Waals surface area (Å²) >= 11 is 5.95. The number of carbonyl (C=O) groups is 1. The zero-order chi connectivity index (χ0) is 26.6. The van der Waals surface area contributed by atoms with E-state index in [1.165, 1.54) is 25.6 Å². The molecule has 10 heteroatoms. The molecule has 0 aliphatic carbocycles. The fourth-order valence-electron chi connectivity index (χ4n) is 4.38. The summed E-state index contributed by atoms with van der Waals surface area (Å²) in [7, 11) is 1.53. The van der Waals surface area contributed by atoms with Crippen molar-refractivity contribution in [1.82, 2.24) is 9.97 Å². The van der Waals surface area contributed by atoms with Crippen LogP contribution in [0.3, 0.4) is 0 Å². The highest BCUT2D eigenvalue weighted by molar-refractivity contribution is 6.31. The van der Waals surface area contributed by atoms with Crippen LogP contribution in [0.15, 0.2) is 53.8 Å². The second kappa shape index (κ2) is 10.7. The Morgan fingerprint density at radius 2 is 2.00 bits per heavy atom. The van der Waals surface area contributed by atoms with Gasteiger partial charge >= 0.3 is 5.97 Å². The molecule has 3 aromatic rings. The molecular weight excluding hydrogens is 499 g/mol. The van der Waals surface area contributed by atoms with Crippen molar-refractivity contribution in [3.8, 4) is 11.5 Å². The molecule has 4 rings (SSSR count).